The number of piperazine rings is 1. The third-order valence-electron chi connectivity index (χ3n) is 5.87. The topological polar surface area (TPSA) is 53.3 Å². The van der Waals surface area contributed by atoms with Gasteiger partial charge in [0.05, 0.1) is 11.6 Å². The predicted octanol–water partition coefficient (Wildman–Crippen LogP) is 2.29. The lowest BCUT2D eigenvalue weighted by Gasteiger charge is -2.35. The molecule has 2 aromatic heterocycles. The van der Waals surface area contributed by atoms with E-state index in [-0.39, 0.29) is 0 Å². The van der Waals surface area contributed by atoms with Gasteiger partial charge in [0.25, 0.3) is 0 Å². The highest BCUT2D eigenvalue weighted by molar-refractivity contribution is 5.88. The first-order valence-electron chi connectivity index (χ1n) is 10.2. The zero-order valence-electron chi connectivity index (χ0n) is 16.5. The Morgan fingerprint density at radius 3 is 2.36 bits per heavy atom. The summed E-state index contributed by atoms with van der Waals surface area (Å²) in [5, 5.41) is 5.50. The molecule has 7 heteroatoms. The second kappa shape index (κ2) is 7.39. The van der Waals surface area contributed by atoms with E-state index in [9.17, 15) is 0 Å². The van der Waals surface area contributed by atoms with Crippen LogP contribution in [-0.2, 0) is 13.6 Å². The first-order chi connectivity index (χ1) is 13.8. The molecule has 0 bridgehead atoms. The fourth-order valence-corrected chi connectivity index (χ4v) is 4.26. The highest BCUT2D eigenvalue weighted by atomic mass is 15.4. The molecule has 0 spiro atoms. The summed E-state index contributed by atoms with van der Waals surface area (Å²) in [6.07, 6.45) is 4.38. The van der Waals surface area contributed by atoms with Crippen molar-refractivity contribution in [2.75, 3.05) is 49.1 Å². The van der Waals surface area contributed by atoms with E-state index in [1.54, 1.807) is 0 Å². The van der Waals surface area contributed by atoms with Gasteiger partial charge in [-0.1, -0.05) is 30.3 Å². The fourth-order valence-electron chi connectivity index (χ4n) is 4.26. The van der Waals surface area contributed by atoms with Crippen LogP contribution in [0.3, 0.4) is 0 Å². The number of benzene rings is 1. The number of hydrogen-bond acceptors (Lipinski definition) is 6. The average Bonchev–Trinajstić information content (AvgIpc) is 3.39. The number of fused-ring (bicyclic) bond motifs is 1. The van der Waals surface area contributed by atoms with Crippen LogP contribution >= 0.6 is 0 Å². The molecule has 2 aliphatic rings. The maximum absolute atomic E-state index is 5.00. The van der Waals surface area contributed by atoms with Crippen molar-refractivity contribution in [1.82, 2.24) is 24.6 Å². The summed E-state index contributed by atoms with van der Waals surface area (Å²) in [6.45, 7) is 7.12. The molecule has 28 heavy (non-hydrogen) atoms. The van der Waals surface area contributed by atoms with Crippen molar-refractivity contribution < 1.29 is 0 Å². The van der Waals surface area contributed by atoms with Crippen molar-refractivity contribution in [1.29, 1.82) is 0 Å². The number of aryl methyl sites for hydroxylation is 1. The molecule has 0 atom stereocenters. The van der Waals surface area contributed by atoms with E-state index in [2.05, 4.69) is 50.1 Å². The summed E-state index contributed by atoms with van der Waals surface area (Å²) in [6, 6.07) is 10.7. The van der Waals surface area contributed by atoms with Crippen molar-refractivity contribution in [3.8, 4) is 0 Å². The Kier molecular flexibility index (Phi) is 4.60. The van der Waals surface area contributed by atoms with E-state index < -0.39 is 0 Å². The Morgan fingerprint density at radius 2 is 1.61 bits per heavy atom. The van der Waals surface area contributed by atoms with Crippen LogP contribution in [0.25, 0.3) is 11.0 Å². The van der Waals surface area contributed by atoms with Gasteiger partial charge in [-0.15, -0.1) is 0 Å². The van der Waals surface area contributed by atoms with Crippen LogP contribution in [0.5, 0.6) is 0 Å². The Bertz CT molecular complexity index is 938. The molecule has 2 fully saturated rings. The Morgan fingerprint density at radius 1 is 0.857 bits per heavy atom. The van der Waals surface area contributed by atoms with Crippen molar-refractivity contribution in [3.63, 3.8) is 0 Å². The third-order valence-corrected chi connectivity index (χ3v) is 5.87. The maximum atomic E-state index is 5.00. The molecular weight excluding hydrogens is 350 g/mol. The molecule has 2 aliphatic heterocycles. The number of nitrogens with zero attached hydrogens (tertiary/aromatic N) is 7. The van der Waals surface area contributed by atoms with Gasteiger partial charge in [0.1, 0.15) is 5.82 Å². The molecule has 0 saturated carbocycles. The van der Waals surface area contributed by atoms with E-state index in [0.29, 0.717) is 0 Å². The lowest BCUT2D eigenvalue weighted by Crippen LogP contribution is -2.46. The molecule has 3 aromatic rings. The van der Waals surface area contributed by atoms with Crippen LogP contribution in [0, 0.1) is 0 Å². The Hall–Kier alpha value is -2.67. The molecule has 7 nitrogen and oxygen atoms in total. The number of aromatic nitrogens is 4. The van der Waals surface area contributed by atoms with Gasteiger partial charge in [-0.2, -0.15) is 15.1 Å². The second-order valence-corrected chi connectivity index (χ2v) is 7.80. The summed E-state index contributed by atoms with van der Waals surface area (Å²) in [4.78, 5) is 17.1. The van der Waals surface area contributed by atoms with Gasteiger partial charge in [0.2, 0.25) is 5.95 Å². The normalized spacial score (nSPS) is 18.3. The van der Waals surface area contributed by atoms with Gasteiger partial charge >= 0.3 is 0 Å². The van der Waals surface area contributed by atoms with Gasteiger partial charge in [0, 0.05) is 52.9 Å². The van der Waals surface area contributed by atoms with Crippen molar-refractivity contribution in [3.05, 3.63) is 42.1 Å². The monoisotopic (exact) mass is 377 g/mol. The first-order valence-corrected chi connectivity index (χ1v) is 10.2. The SMILES string of the molecule is Cn1ncc2c(N3CCCC3)nc(N3CCN(Cc4ccccc4)CC3)nc21. The lowest BCUT2D eigenvalue weighted by molar-refractivity contribution is 0.249. The molecule has 0 N–H and O–H groups in total. The molecule has 0 aliphatic carbocycles. The molecule has 0 unspecified atom stereocenters. The predicted molar refractivity (Wildman–Crippen MR) is 112 cm³/mol. The minimum atomic E-state index is 0.845. The van der Waals surface area contributed by atoms with E-state index >= 15 is 0 Å². The van der Waals surface area contributed by atoms with Crippen molar-refractivity contribution >= 4 is 22.8 Å². The lowest BCUT2D eigenvalue weighted by atomic mass is 10.2. The average molecular weight is 377 g/mol. The molecule has 2 saturated heterocycles. The van der Waals surface area contributed by atoms with Gasteiger partial charge in [-0.25, -0.2) is 0 Å². The fraction of sp³-hybridized carbons (Fsp3) is 0.476. The standard InChI is InChI=1S/C21H27N7/c1-25-19-18(15-22-25)20(27-9-5-6-10-27)24-21(23-19)28-13-11-26(12-14-28)16-17-7-3-2-4-8-17/h2-4,7-8,15H,5-6,9-14,16H2,1H3. The van der Waals surface area contributed by atoms with Crippen LogP contribution in [0.2, 0.25) is 0 Å². The summed E-state index contributed by atoms with van der Waals surface area (Å²) >= 11 is 0. The van der Waals surface area contributed by atoms with Crippen LogP contribution in [0.4, 0.5) is 11.8 Å². The number of hydrogen-bond donors (Lipinski definition) is 0. The smallest absolute Gasteiger partial charge is 0.229 e. The maximum Gasteiger partial charge on any atom is 0.229 e. The van der Waals surface area contributed by atoms with Crippen LogP contribution in [0.15, 0.2) is 36.5 Å². The second-order valence-electron chi connectivity index (χ2n) is 7.80. The molecular formula is C21H27N7. The molecule has 0 radical (unpaired) electrons. The first kappa shape index (κ1) is 17.4. The van der Waals surface area contributed by atoms with E-state index in [1.165, 1.54) is 18.4 Å². The van der Waals surface area contributed by atoms with Gasteiger partial charge in [-0.3, -0.25) is 9.58 Å². The zero-order valence-corrected chi connectivity index (χ0v) is 16.5. The van der Waals surface area contributed by atoms with Crippen LogP contribution in [-0.4, -0.2) is 63.9 Å². The molecule has 1 aromatic carbocycles. The van der Waals surface area contributed by atoms with E-state index in [0.717, 1.165) is 68.6 Å². The van der Waals surface area contributed by atoms with Crippen LogP contribution in [0.1, 0.15) is 18.4 Å². The summed E-state index contributed by atoms with van der Waals surface area (Å²) in [5.74, 6) is 1.90. The van der Waals surface area contributed by atoms with Gasteiger partial charge in [-0.05, 0) is 18.4 Å². The van der Waals surface area contributed by atoms with Gasteiger partial charge in [0.15, 0.2) is 5.65 Å². The van der Waals surface area contributed by atoms with Gasteiger partial charge < -0.3 is 9.80 Å². The highest BCUT2D eigenvalue weighted by Crippen LogP contribution is 2.29. The van der Waals surface area contributed by atoms with Crippen molar-refractivity contribution in [2.24, 2.45) is 7.05 Å². The third kappa shape index (κ3) is 3.30. The quantitative estimate of drug-likeness (QED) is 0.695. The molecule has 5 rings (SSSR count). The van der Waals surface area contributed by atoms with E-state index in [4.69, 9.17) is 9.97 Å². The largest absolute Gasteiger partial charge is 0.356 e. The number of rotatable bonds is 4. The van der Waals surface area contributed by atoms with Crippen molar-refractivity contribution in [2.45, 2.75) is 19.4 Å². The summed E-state index contributed by atoms with van der Waals surface area (Å²) < 4.78 is 1.87. The number of anilines is 2. The molecule has 4 heterocycles. The summed E-state index contributed by atoms with van der Waals surface area (Å²) in [7, 11) is 1.96. The van der Waals surface area contributed by atoms with Crippen LogP contribution < -0.4 is 9.80 Å². The molecule has 146 valence electrons. The van der Waals surface area contributed by atoms with E-state index in [1.807, 2.05) is 17.9 Å². The molecule has 0 amide bonds. The minimum Gasteiger partial charge on any atom is -0.356 e. The zero-order chi connectivity index (χ0) is 18.9. The summed E-state index contributed by atoms with van der Waals surface area (Å²) in [5.41, 5.74) is 2.30. The Balaban J connectivity index is 1.36. The highest BCUT2D eigenvalue weighted by Gasteiger charge is 2.24. The Labute approximate surface area is 165 Å². The minimum absolute atomic E-state index is 0.845.